The van der Waals surface area contributed by atoms with Crippen LogP contribution in [-0.2, 0) is 9.53 Å². The highest BCUT2D eigenvalue weighted by Crippen LogP contribution is 2.23. The molecule has 0 saturated carbocycles. The van der Waals surface area contributed by atoms with E-state index in [9.17, 15) is 4.79 Å². The zero-order chi connectivity index (χ0) is 14.7. The van der Waals surface area contributed by atoms with Crippen molar-refractivity contribution in [3.8, 4) is 0 Å². The van der Waals surface area contributed by atoms with Crippen LogP contribution < -0.4 is 5.32 Å². The molecule has 21 heavy (non-hydrogen) atoms. The number of ether oxygens (including phenoxy) is 1. The highest BCUT2D eigenvalue weighted by molar-refractivity contribution is 5.94. The number of carbonyl (C=O) groups excluding carboxylic acids is 1. The number of likely N-dealkylation sites (N-methyl/N-ethyl adjacent to an activating group) is 1. The summed E-state index contributed by atoms with van der Waals surface area (Å²) in [7, 11) is 2.06. The zero-order valence-electron chi connectivity index (χ0n) is 12.2. The van der Waals surface area contributed by atoms with Crippen LogP contribution in [0.1, 0.15) is 12.8 Å². The molecule has 0 aromatic heterocycles. The Morgan fingerprint density at radius 3 is 3.05 bits per heavy atom. The highest BCUT2D eigenvalue weighted by Gasteiger charge is 2.24. The Morgan fingerprint density at radius 1 is 1.33 bits per heavy atom. The molecule has 0 aromatic rings. The minimum atomic E-state index is -0.251. The van der Waals surface area contributed by atoms with E-state index in [0.717, 1.165) is 37.2 Å². The minimum absolute atomic E-state index is 0.0134. The van der Waals surface area contributed by atoms with Crippen LogP contribution in [0.4, 0.5) is 0 Å². The third-order valence-electron chi connectivity index (χ3n) is 3.88. The summed E-state index contributed by atoms with van der Waals surface area (Å²) >= 11 is 0. The van der Waals surface area contributed by atoms with Gasteiger partial charge in [0.05, 0.1) is 11.3 Å². The van der Waals surface area contributed by atoms with Crippen molar-refractivity contribution in [2.24, 2.45) is 0 Å². The second-order valence-electron chi connectivity index (χ2n) is 5.56. The van der Waals surface area contributed by atoms with Gasteiger partial charge in [0.2, 0.25) is 0 Å². The number of hydrogen-bond donors (Lipinski definition) is 1. The minimum Gasteiger partial charge on any atom is -0.457 e. The topological polar surface area (TPSA) is 41.6 Å². The molecule has 3 aliphatic rings. The molecule has 4 nitrogen and oxygen atoms in total. The van der Waals surface area contributed by atoms with Gasteiger partial charge in [0, 0.05) is 12.7 Å². The summed E-state index contributed by atoms with van der Waals surface area (Å²) in [4.78, 5) is 14.7. The number of rotatable bonds is 2. The number of likely N-dealkylation sites (tertiary alicyclic amines) is 1. The maximum atomic E-state index is 12.5. The molecule has 0 bridgehead atoms. The van der Waals surface area contributed by atoms with E-state index in [4.69, 9.17) is 4.74 Å². The molecule has 1 saturated heterocycles. The number of esters is 1. The van der Waals surface area contributed by atoms with Crippen molar-refractivity contribution in [1.29, 1.82) is 0 Å². The predicted octanol–water partition coefficient (Wildman–Crippen LogP) is 2.05. The zero-order valence-corrected chi connectivity index (χ0v) is 12.2. The molecule has 1 N–H and O–H groups in total. The molecule has 1 atom stereocenters. The molecule has 1 aliphatic carbocycles. The SMILES string of the molecule is CN1CCCC(OC(=O)C2=C3NC=CC=C3C=CC=C2)C1. The monoisotopic (exact) mass is 284 g/mol. The fourth-order valence-corrected chi connectivity index (χ4v) is 2.82. The Kier molecular flexibility index (Phi) is 4.06. The van der Waals surface area contributed by atoms with E-state index in [-0.39, 0.29) is 12.1 Å². The van der Waals surface area contributed by atoms with E-state index in [0.29, 0.717) is 5.57 Å². The van der Waals surface area contributed by atoms with E-state index in [1.165, 1.54) is 0 Å². The Labute approximate surface area is 125 Å². The first-order valence-electron chi connectivity index (χ1n) is 7.36. The molecule has 2 aliphatic heterocycles. The molecule has 0 amide bonds. The van der Waals surface area contributed by atoms with Crippen LogP contribution in [0.2, 0.25) is 0 Å². The number of hydrogen-bond acceptors (Lipinski definition) is 4. The van der Waals surface area contributed by atoms with Crippen molar-refractivity contribution in [3.63, 3.8) is 0 Å². The molecule has 0 spiro atoms. The van der Waals surface area contributed by atoms with Crippen LogP contribution in [0, 0.1) is 0 Å². The van der Waals surface area contributed by atoms with Gasteiger partial charge in [0.25, 0.3) is 0 Å². The lowest BCUT2D eigenvalue weighted by atomic mass is 10.0. The molecule has 1 unspecified atom stereocenters. The third-order valence-corrected chi connectivity index (χ3v) is 3.88. The normalized spacial score (nSPS) is 25.0. The maximum Gasteiger partial charge on any atom is 0.340 e. The van der Waals surface area contributed by atoms with Crippen molar-refractivity contribution < 1.29 is 9.53 Å². The number of piperidine rings is 1. The lowest BCUT2D eigenvalue weighted by Crippen LogP contribution is -2.38. The summed E-state index contributed by atoms with van der Waals surface area (Å²) in [6, 6.07) is 0. The molecule has 0 aromatic carbocycles. The largest absolute Gasteiger partial charge is 0.457 e. The lowest BCUT2D eigenvalue weighted by molar-refractivity contribution is -0.146. The predicted molar refractivity (Wildman–Crippen MR) is 82.3 cm³/mol. The van der Waals surface area contributed by atoms with Gasteiger partial charge in [-0.25, -0.2) is 4.79 Å². The number of dihydropyridines is 1. The standard InChI is InChI=1S/C17H20N2O2/c1-19-11-5-8-14(12-19)21-17(20)15-9-3-2-6-13-7-4-10-18-16(13)15/h2-4,6-7,9-10,14,18H,5,8,11-12H2,1H3. The maximum absolute atomic E-state index is 12.5. The van der Waals surface area contributed by atoms with E-state index >= 15 is 0 Å². The first-order valence-corrected chi connectivity index (χ1v) is 7.36. The van der Waals surface area contributed by atoms with Crippen molar-refractivity contribution in [1.82, 2.24) is 10.2 Å². The van der Waals surface area contributed by atoms with Crippen molar-refractivity contribution in [2.45, 2.75) is 18.9 Å². The Balaban J connectivity index is 1.78. The summed E-state index contributed by atoms with van der Waals surface area (Å²) in [5.41, 5.74) is 2.40. The Bertz CT molecular complexity index is 582. The van der Waals surface area contributed by atoms with Gasteiger partial charge in [-0.3, -0.25) is 0 Å². The van der Waals surface area contributed by atoms with Gasteiger partial charge < -0.3 is 15.0 Å². The van der Waals surface area contributed by atoms with E-state index in [1.54, 1.807) is 0 Å². The van der Waals surface area contributed by atoms with Gasteiger partial charge in [-0.15, -0.1) is 0 Å². The summed E-state index contributed by atoms with van der Waals surface area (Å²) in [5.74, 6) is -0.251. The Hall–Kier alpha value is -2.07. The van der Waals surface area contributed by atoms with Crippen molar-refractivity contribution >= 4 is 5.97 Å². The lowest BCUT2D eigenvalue weighted by Gasteiger charge is -2.29. The molecule has 3 rings (SSSR count). The second kappa shape index (κ2) is 6.14. The first kappa shape index (κ1) is 13.9. The molecular formula is C17H20N2O2. The molecule has 110 valence electrons. The van der Waals surface area contributed by atoms with Gasteiger partial charge >= 0.3 is 5.97 Å². The van der Waals surface area contributed by atoms with Gasteiger partial charge in [-0.05, 0) is 44.2 Å². The summed E-state index contributed by atoms with van der Waals surface area (Å²) < 4.78 is 5.70. The van der Waals surface area contributed by atoms with Gasteiger partial charge in [-0.2, -0.15) is 0 Å². The molecule has 1 fully saturated rings. The first-order chi connectivity index (χ1) is 10.2. The fourth-order valence-electron chi connectivity index (χ4n) is 2.82. The van der Waals surface area contributed by atoms with Crippen molar-refractivity contribution in [2.75, 3.05) is 20.1 Å². The Morgan fingerprint density at radius 2 is 2.19 bits per heavy atom. The van der Waals surface area contributed by atoms with Crippen molar-refractivity contribution in [3.05, 3.63) is 59.5 Å². The van der Waals surface area contributed by atoms with Gasteiger partial charge in [0.1, 0.15) is 6.10 Å². The summed E-state index contributed by atoms with van der Waals surface area (Å²) in [6.07, 6.45) is 15.3. The van der Waals surface area contributed by atoms with Crippen LogP contribution in [0.5, 0.6) is 0 Å². The quantitative estimate of drug-likeness (QED) is 0.788. The van der Waals surface area contributed by atoms with Crippen LogP contribution in [0.15, 0.2) is 59.5 Å². The highest BCUT2D eigenvalue weighted by atomic mass is 16.5. The number of nitrogens with zero attached hydrogens (tertiary/aromatic N) is 1. The smallest absolute Gasteiger partial charge is 0.340 e. The van der Waals surface area contributed by atoms with E-state index in [2.05, 4.69) is 17.3 Å². The summed E-state index contributed by atoms with van der Waals surface area (Å²) in [6.45, 7) is 1.89. The number of fused-ring (bicyclic) bond motifs is 1. The third kappa shape index (κ3) is 3.16. The molecular weight excluding hydrogens is 264 g/mol. The molecule has 2 heterocycles. The van der Waals surface area contributed by atoms with Crippen LogP contribution in [0.3, 0.4) is 0 Å². The number of carbonyl (C=O) groups is 1. The van der Waals surface area contributed by atoms with Crippen LogP contribution in [-0.4, -0.2) is 37.1 Å². The van der Waals surface area contributed by atoms with Crippen LogP contribution >= 0.6 is 0 Å². The number of allylic oxidation sites excluding steroid dienone is 5. The van der Waals surface area contributed by atoms with Gasteiger partial charge in [0.15, 0.2) is 0 Å². The average Bonchev–Trinajstić information content (AvgIpc) is 2.69. The molecule has 0 radical (unpaired) electrons. The van der Waals surface area contributed by atoms with Crippen LogP contribution in [0.25, 0.3) is 0 Å². The average molecular weight is 284 g/mol. The second-order valence-corrected chi connectivity index (χ2v) is 5.56. The molecule has 4 heteroatoms. The van der Waals surface area contributed by atoms with E-state index < -0.39 is 0 Å². The van der Waals surface area contributed by atoms with E-state index in [1.807, 2.05) is 42.7 Å². The fraction of sp³-hybridized carbons (Fsp3) is 0.353. The number of nitrogens with one attached hydrogen (secondary N) is 1. The van der Waals surface area contributed by atoms with Gasteiger partial charge in [-0.1, -0.05) is 24.3 Å². The summed E-state index contributed by atoms with van der Waals surface area (Å²) in [5, 5.41) is 3.16.